The Kier molecular flexibility index (Phi) is 5.89. The second kappa shape index (κ2) is 7.93. The number of rotatable bonds is 4. The summed E-state index contributed by atoms with van der Waals surface area (Å²) in [4.78, 5) is 2.57. The first-order valence-corrected chi connectivity index (χ1v) is 10.6. The molecule has 6 heteroatoms. The Labute approximate surface area is 144 Å². The molecule has 2 aliphatic heterocycles. The van der Waals surface area contributed by atoms with Crippen molar-refractivity contribution in [2.75, 3.05) is 26.2 Å². The molecule has 0 aliphatic carbocycles. The van der Waals surface area contributed by atoms with Gasteiger partial charge in [-0.3, -0.25) is 0 Å². The monoisotopic (exact) mass is 354 g/mol. The molecule has 134 valence electrons. The van der Waals surface area contributed by atoms with Crippen molar-refractivity contribution in [3.05, 3.63) is 35.6 Å². The van der Waals surface area contributed by atoms with Crippen LogP contribution >= 0.6 is 0 Å². The number of sulfonamides is 1. The lowest BCUT2D eigenvalue weighted by atomic mass is 10.0. The minimum atomic E-state index is -3.32. The third-order valence-corrected chi connectivity index (χ3v) is 7.09. The second-order valence-corrected chi connectivity index (χ2v) is 8.93. The van der Waals surface area contributed by atoms with E-state index in [9.17, 15) is 12.8 Å². The van der Waals surface area contributed by atoms with E-state index in [-0.39, 0.29) is 11.6 Å². The second-order valence-electron chi connectivity index (χ2n) is 6.96. The summed E-state index contributed by atoms with van der Waals surface area (Å²) in [7, 11) is -3.32. The number of nitrogens with zero attached hydrogens (tertiary/aromatic N) is 2. The van der Waals surface area contributed by atoms with Crippen LogP contribution in [0.25, 0.3) is 0 Å². The van der Waals surface area contributed by atoms with E-state index in [4.69, 9.17) is 0 Å². The highest BCUT2D eigenvalue weighted by Gasteiger charge is 2.30. The average Bonchev–Trinajstić information content (AvgIpc) is 2.86. The van der Waals surface area contributed by atoms with E-state index in [1.807, 2.05) is 0 Å². The Morgan fingerprint density at radius 3 is 2.08 bits per heavy atom. The van der Waals surface area contributed by atoms with Gasteiger partial charge in [0.25, 0.3) is 0 Å². The van der Waals surface area contributed by atoms with Crippen LogP contribution in [0.1, 0.15) is 44.1 Å². The van der Waals surface area contributed by atoms with Gasteiger partial charge in [0.1, 0.15) is 5.82 Å². The molecule has 3 rings (SSSR count). The zero-order valence-electron chi connectivity index (χ0n) is 14.2. The van der Waals surface area contributed by atoms with Crippen LogP contribution in [-0.2, 0) is 15.8 Å². The molecule has 0 radical (unpaired) electrons. The Bertz CT molecular complexity index is 617. The highest BCUT2D eigenvalue weighted by molar-refractivity contribution is 7.88. The highest BCUT2D eigenvalue weighted by Crippen LogP contribution is 2.23. The Morgan fingerprint density at radius 2 is 1.50 bits per heavy atom. The van der Waals surface area contributed by atoms with Crippen LogP contribution in [-0.4, -0.2) is 49.8 Å². The maximum absolute atomic E-state index is 13.0. The summed E-state index contributed by atoms with van der Waals surface area (Å²) >= 11 is 0. The highest BCUT2D eigenvalue weighted by atomic mass is 32.2. The first-order valence-electron chi connectivity index (χ1n) is 9.01. The molecule has 0 unspecified atom stereocenters. The summed E-state index contributed by atoms with van der Waals surface area (Å²) in [5.74, 6) is -0.379. The van der Waals surface area contributed by atoms with Crippen molar-refractivity contribution >= 4 is 10.0 Å². The van der Waals surface area contributed by atoms with Crippen molar-refractivity contribution in [3.63, 3.8) is 0 Å². The summed E-state index contributed by atoms with van der Waals surface area (Å²) in [6.45, 7) is 3.52. The molecule has 0 bridgehead atoms. The van der Waals surface area contributed by atoms with Gasteiger partial charge >= 0.3 is 0 Å². The van der Waals surface area contributed by atoms with Gasteiger partial charge in [-0.25, -0.2) is 17.1 Å². The largest absolute Gasteiger partial charge is 0.300 e. The van der Waals surface area contributed by atoms with Crippen molar-refractivity contribution in [2.45, 2.75) is 50.3 Å². The fourth-order valence-corrected chi connectivity index (χ4v) is 5.39. The van der Waals surface area contributed by atoms with Crippen LogP contribution in [0.4, 0.5) is 4.39 Å². The van der Waals surface area contributed by atoms with Crippen LogP contribution in [0.5, 0.6) is 0 Å². The van der Waals surface area contributed by atoms with E-state index in [2.05, 4.69) is 4.90 Å². The van der Waals surface area contributed by atoms with Gasteiger partial charge in [0.15, 0.2) is 0 Å². The van der Waals surface area contributed by atoms with Crippen LogP contribution in [0, 0.1) is 5.82 Å². The van der Waals surface area contributed by atoms with Gasteiger partial charge in [0, 0.05) is 19.1 Å². The van der Waals surface area contributed by atoms with Gasteiger partial charge < -0.3 is 4.90 Å². The molecule has 1 aromatic carbocycles. The lowest BCUT2D eigenvalue weighted by Gasteiger charge is -2.37. The molecule has 0 amide bonds. The zero-order chi connectivity index (χ0) is 17.0. The fraction of sp³-hybridized carbons (Fsp3) is 0.667. The van der Waals surface area contributed by atoms with Gasteiger partial charge in [-0.1, -0.05) is 25.0 Å². The molecule has 2 aliphatic rings. The Balaban J connectivity index is 1.55. The third-order valence-electron chi connectivity index (χ3n) is 5.24. The molecule has 0 atom stereocenters. The molecule has 2 heterocycles. The lowest BCUT2D eigenvalue weighted by Crippen LogP contribution is -2.47. The van der Waals surface area contributed by atoms with E-state index >= 15 is 0 Å². The maximum atomic E-state index is 13.0. The summed E-state index contributed by atoms with van der Waals surface area (Å²) in [5.41, 5.74) is 0.644. The SMILES string of the molecule is O=S(=O)(Cc1ccc(F)cc1)N1CCC(N2CCCCCC2)CC1. The number of benzene rings is 1. The zero-order valence-corrected chi connectivity index (χ0v) is 15.0. The van der Waals surface area contributed by atoms with Crippen molar-refractivity contribution in [3.8, 4) is 0 Å². The average molecular weight is 354 g/mol. The molecule has 1 aromatic rings. The van der Waals surface area contributed by atoms with Gasteiger partial charge in [0.05, 0.1) is 5.75 Å². The quantitative estimate of drug-likeness (QED) is 0.835. The van der Waals surface area contributed by atoms with Gasteiger partial charge in [-0.15, -0.1) is 0 Å². The first kappa shape index (κ1) is 17.8. The van der Waals surface area contributed by atoms with E-state index in [1.54, 1.807) is 16.4 Å². The molecule has 0 saturated carbocycles. The van der Waals surface area contributed by atoms with E-state index in [1.165, 1.54) is 37.8 Å². The van der Waals surface area contributed by atoms with Gasteiger partial charge in [-0.05, 0) is 56.5 Å². The van der Waals surface area contributed by atoms with E-state index in [0.717, 1.165) is 25.9 Å². The predicted octanol–water partition coefficient (Wildman–Crippen LogP) is 3.00. The summed E-state index contributed by atoms with van der Waals surface area (Å²) in [5, 5.41) is 0. The predicted molar refractivity (Wildman–Crippen MR) is 93.7 cm³/mol. The van der Waals surface area contributed by atoms with Crippen molar-refractivity contribution < 1.29 is 12.8 Å². The number of hydrogen-bond acceptors (Lipinski definition) is 3. The minimum Gasteiger partial charge on any atom is -0.300 e. The molecule has 0 aromatic heterocycles. The van der Waals surface area contributed by atoms with E-state index < -0.39 is 10.0 Å². The summed E-state index contributed by atoms with van der Waals surface area (Å²) < 4.78 is 39.8. The smallest absolute Gasteiger partial charge is 0.218 e. The number of piperidine rings is 1. The molecule has 4 nitrogen and oxygen atoms in total. The summed E-state index contributed by atoms with van der Waals surface area (Å²) in [6.07, 6.45) is 7.01. The van der Waals surface area contributed by atoms with Gasteiger partial charge in [0.2, 0.25) is 10.0 Å². The molecule has 0 spiro atoms. The standard InChI is InChI=1S/C18H27FN2O2S/c19-17-7-5-16(6-8-17)15-24(22,23)21-13-9-18(10-14-21)20-11-3-1-2-4-12-20/h5-8,18H,1-4,9-15H2. The fourth-order valence-electron chi connectivity index (χ4n) is 3.83. The number of halogens is 1. The molecule has 2 saturated heterocycles. The van der Waals surface area contributed by atoms with Crippen molar-refractivity contribution in [1.82, 2.24) is 9.21 Å². The third kappa shape index (κ3) is 4.55. The van der Waals surface area contributed by atoms with Crippen LogP contribution < -0.4 is 0 Å². The lowest BCUT2D eigenvalue weighted by molar-refractivity contribution is 0.143. The maximum Gasteiger partial charge on any atom is 0.218 e. The van der Waals surface area contributed by atoms with Crippen LogP contribution in [0.3, 0.4) is 0 Å². The first-order chi connectivity index (χ1) is 11.5. The molecule has 24 heavy (non-hydrogen) atoms. The molecule has 0 N–H and O–H groups in total. The summed E-state index contributed by atoms with van der Waals surface area (Å²) in [6, 6.07) is 6.26. The number of likely N-dealkylation sites (tertiary alicyclic amines) is 1. The molecular formula is C18H27FN2O2S. The Hall–Kier alpha value is -0.980. The molecule has 2 fully saturated rings. The van der Waals surface area contributed by atoms with E-state index in [0.29, 0.717) is 24.7 Å². The van der Waals surface area contributed by atoms with Crippen molar-refractivity contribution in [1.29, 1.82) is 0 Å². The van der Waals surface area contributed by atoms with Crippen LogP contribution in [0.2, 0.25) is 0 Å². The molecular weight excluding hydrogens is 327 g/mol. The van der Waals surface area contributed by atoms with Gasteiger partial charge in [-0.2, -0.15) is 0 Å². The Morgan fingerprint density at radius 1 is 0.917 bits per heavy atom. The normalized spacial score (nSPS) is 22.4. The van der Waals surface area contributed by atoms with Crippen molar-refractivity contribution in [2.24, 2.45) is 0 Å². The van der Waals surface area contributed by atoms with Crippen LogP contribution in [0.15, 0.2) is 24.3 Å². The number of hydrogen-bond donors (Lipinski definition) is 0. The minimum absolute atomic E-state index is 0.0400. The topological polar surface area (TPSA) is 40.6 Å².